The lowest BCUT2D eigenvalue weighted by Gasteiger charge is -2.36. The molecule has 1 aliphatic carbocycles. The van der Waals surface area contributed by atoms with Crippen LogP contribution in [0.1, 0.15) is 55.4 Å². The summed E-state index contributed by atoms with van der Waals surface area (Å²) in [5.41, 5.74) is 3.87. The minimum absolute atomic E-state index is 0.00827. The minimum atomic E-state index is -0.399. The number of benzene rings is 1. The quantitative estimate of drug-likeness (QED) is 0.573. The van der Waals surface area contributed by atoms with Gasteiger partial charge in [-0.1, -0.05) is 19.1 Å². The first kappa shape index (κ1) is 23.1. The molecular formula is C26H29NO5S. The number of carbonyl (C=O) groups is 2. The minimum Gasteiger partial charge on any atom is -0.493 e. The third-order valence-corrected chi connectivity index (χ3v) is 7.13. The molecule has 1 aliphatic heterocycles. The lowest BCUT2D eigenvalue weighted by atomic mass is 9.73. The van der Waals surface area contributed by atoms with Gasteiger partial charge in [-0.25, -0.2) is 4.79 Å². The Hall–Kier alpha value is -3.06. The van der Waals surface area contributed by atoms with Crippen molar-refractivity contribution >= 4 is 23.1 Å². The number of carbonyl (C=O) groups excluding carboxylic acids is 2. The highest BCUT2D eigenvalue weighted by atomic mass is 32.1. The van der Waals surface area contributed by atoms with Crippen LogP contribution in [0.15, 0.2) is 58.3 Å². The van der Waals surface area contributed by atoms with Crippen LogP contribution in [0.3, 0.4) is 0 Å². The van der Waals surface area contributed by atoms with Crippen LogP contribution in [-0.4, -0.2) is 32.6 Å². The number of Topliss-reactive ketones (excluding diaryl/α,β-unsaturated/α-hetero) is 1. The zero-order valence-electron chi connectivity index (χ0n) is 19.4. The van der Waals surface area contributed by atoms with Crippen molar-refractivity contribution in [3.05, 3.63) is 68.7 Å². The van der Waals surface area contributed by atoms with Crippen LogP contribution < -0.4 is 14.8 Å². The lowest BCUT2D eigenvalue weighted by molar-refractivity contribution is -0.139. The summed E-state index contributed by atoms with van der Waals surface area (Å²) in [6.07, 6.45) is 1.79. The molecule has 2 aromatic rings. The van der Waals surface area contributed by atoms with E-state index in [1.165, 1.54) is 0 Å². The second kappa shape index (κ2) is 9.83. The maximum absolute atomic E-state index is 13.6. The van der Waals surface area contributed by atoms with Gasteiger partial charge in [0.25, 0.3) is 0 Å². The summed E-state index contributed by atoms with van der Waals surface area (Å²) in [6.45, 7) is 4.20. The molecule has 1 aromatic carbocycles. The largest absolute Gasteiger partial charge is 0.493 e. The van der Waals surface area contributed by atoms with E-state index in [4.69, 9.17) is 14.2 Å². The summed E-state index contributed by atoms with van der Waals surface area (Å²) in [5, 5.41) is 5.36. The number of dihydropyridines is 1. The van der Waals surface area contributed by atoms with Crippen molar-refractivity contribution in [3.63, 3.8) is 0 Å². The van der Waals surface area contributed by atoms with E-state index in [0.717, 1.165) is 28.3 Å². The molecule has 2 atom stereocenters. The predicted octanol–water partition coefficient (Wildman–Crippen LogP) is 5.08. The number of hydrogen-bond acceptors (Lipinski definition) is 7. The van der Waals surface area contributed by atoms with Crippen LogP contribution in [0.25, 0.3) is 0 Å². The van der Waals surface area contributed by atoms with Gasteiger partial charge in [-0.3, -0.25) is 4.79 Å². The van der Waals surface area contributed by atoms with E-state index < -0.39 is 5.92 Å². The van der Waals surface area contributed by atoms with Gasteiger partial charge in [0.2, 0.25) is 0 Å². The van der Waals surface area contributed by atoms with Gasteiger partial charge in [-0.15, -0.1) is 11.3 Å². The molecule has 174 valence electrons. The van der Waals surface area contributed by atoms with E-state index in [2.05, 4.69) is 5.32 Å². The molecule has 0 spiro atoms. The molecule has 0 unspecified atom stereocenters. The molecule has 0 saturated carbocycles. The number of rotatable bonds is 7. The summed E-state index contributed by atoms with van der Waals surface area (Å²) in [6, 6.07) is 9.74. The Labute approximate surface area is 198 Å². The Kier molecular flexibility index (Phi) is 6.88. The van der Waals surface area contributed by atoms with Crippen LogP contribution in [0.4, 0.5) is 0 Å². The number of allylic oxidation sites excluding steroid dienone is 3. The number of nitrogens with one attached hydrogen (secondary N) is 1. The van der Waals surface area contributed by atoms with Crippen LogP contribution in [-0.2, 0) is 14.3 Å². The highest BCUT2D eigenvalue weighted by Crippen LogP contribution is 2.47. The smallest absolute Gasteiger partial charge is 0.336 e. The molecule has 0 saturated heterocycles. The lowest BCUT2D eigenvalue weighted by Crippen LogP contribution is -2.36. The molecule has 2 aliphatic rings. The van der Waals surface area contributed by atoms with E-state index in [1.807, 2.05) is 49.6 Å². The molecule has 4 rings (SSSR count). The van der Waals surface area contributed by atoms with E-state index in [1.54, 1.807) is 25.6 Å². The van der Waals surface area contributed by atoms with Gasteiger partial charge in [0.05, 0.1) is 32.3 Å². The molecule has 1 aromatic heterocycles. The second-order valence-corrected chi connectivity index (χ2v) is 9.26. The zero-order chi connectivity index (χ0) is 23.5. The normalized spacial score (nSPS) is 20.3. The summed E-state index contributed by atoms with van der Waals surface area (Å²) in [4.78, 5) is 27.5. The Balaban J connectivity index is 1.72. The molecule has 0 amide bonds. The number of esters is 1. The molecular weight excluding hydrogens is 438 g/mol. The van der Waals surface area contributed by atoms with Crippen molar-refractivity contribution in [2.45, 2.75) is 44.9 Å². The van der Waals surface area contributed by atoms with Crippen LogP contribution >= 0.6 is 11.3 Å². The topological polar surface area (TPSA) is 73.9 Å². The van der Waals surface area contributed by atoms with Gasteiger partial charge in [0.1, 0.15) is 0 Å². The molecule has 7 heteroatoms. The molecule has 0 bridgehead atoms. The molecule has 0 fully saturated rings. The maximum Gasteiger partial charge on any atom is 0.336 e. The average molecular weight is 468 g/mol. The molecule has 1 N–H and O–H groups in total. The monoisotopic (exact) mass is 467 g/mol. The van der Waals surface area contributed by atoms with Gasteiger partial charge >= 0.3 is 5.97 Å². The summed E-state index contributed by atoms with van der Waals surface area (Å²) in [7, 11) is 3.21. The van der Waals surface area contributed by atoms with Crippen molar-refractivity contribution in [1.29, 1.82) is 0 Å². The SMILES string of the molecule is CCCOC(=O)C1=C(C)NC2=C(C(=O)C[C@@H](c3ccc(OC)c(OC)c3)C2)[C@@H]1c1cccs1. The standard InChI is InChI=1S/C26H29NO5S/c1-5-10-32-26(29)23-15(2)27-18-12-17(16-8-9-20(30-3)21(14-16)31-4)13-19(28)24(18)25(23)22-7-6-11-33-22/h6-9,11,14,17,25,27H,5,10,12-13H2,1-4H3/t17-,25+/m0/s1. The number of methoxy groups -OCH3 is 2. The van der Waals surface area contributed by atoms with Crippen LogP contribution in [0.2, 0.25) is 0 Å². The van der Waals surface area contributed by atoms with E-state index in [-0.39, 0.29) is 17.7 Å². The van der Waals surface area contributed by atoms with Gasteiger partial charge in [-0.05, 0) is 54.8 Å². The van der Waals surface area contributed by atoms with Crippen molar-refractivity contribution in [1.82, 2.24) is 5.32 Å². The van der Waals surface area contributed by atoms with Crippen molar-refractivity contribution in [2.75, 3.05) is 20.8 Å². The number of ketones is 1. The fourth-order valence-electron chi connectivity index (χ4n) is 4.66. The Bertz CT molecular complexity index is 1120. The second-order valence-electron chi connectivity index (χ2n) is 8.28. The first-order valence-electron chi connectivity index (χ1n) is 11.1. The fraction of sp³-hybridized carbons (Fsp3) is 0.385. The average Bonchev–Trinajstić information content (AvgIpc) is 3.35. The third kappa shape index (κ3) is 4.42. The van der Waals surface area contributed by atoms with Gasteiger partial charge in [0, 0.05) is 28.3 Å². The van der Waals surface area contributed by atoms with Crippen LogP contribution in [0.5, 0.6) is 11.5 Å². The van der Waals surface area contributed by atoms with E-state index in [0.29, 0.717) is 42.1 Å². The fourth-order valence-corrected chi connectivity index (χ4v) is 5.51. The molecule has 6 nitrogen and oxygen atoms in total. The third-order valence-electron chi connectivity index (χ3n) is 6.19. The van der Waals surface area contributed by atoms with Gasteiger partial charge in [-0.2, -0.15) is 0 Å². The van der Waals surface area contributed by atoms with Gasteiger partial charge < -0.3 is 19.5 Å². The van der Waals surface area contributed by atoms with E-state index >= 15 is 0 Å². The van der Waals surface area contributed by atoms with Crippen molar-refractivity contribution < 1.29 is 23.8 Å². The van der Waals surface area contributed by atoms with Crippen molar-refractivity contribution in [3.8, 4) is 11.5 Å². The molecule has 33 heavy (non-hydrogen) atoms. The number of ether oxygens (including phenoxy) is 3. The Morgan fingerprint density at radius 2 is 1.94 bits per heavy atom. The van der Waals surface area contributed by atoms with E-state index in [9.17, 15) is 9.59 Å². The zero-order valence-corrected chi connectivity index (χ0v) is 20.2. The molecule has 2 heterocycles. The predicted molar refractivity (Wildman–Crippen MR) is 128 cm³/mol. The number of thiophene rings is 1. The Morgan fingerprint density at radius 3 is 2.61 bits per heavy atom. The summed E-state index contributed by atoms with van der Waals surface area (Å²) < 4.78 is 16.3. The Morgan fingerprint density at radius 1 is 1.15 bits per heavy atom. The van der Waals surface area contributed by atoms with Crippen molar-refractivity contribution in [2.24, 2.45) is 0 Å². The number of hydrogen-bond donors (Lipinski definition) is 1. The summed E-state index contributed by atoms with van der Waals surface area (Å²) in [5.74, 6) is 0.605. The summed E-state index contributed by atoms with van der Waals surface area (Å²) >= 11 is 1.55. The highest BCUT2D eigenvalue weighted by Gasteiger charge is 2.41. The first-order valence-corrected chi connectivity index (χ1v) is 12.0. The molecule has 0 radical (unpaired) electrons. The first-order chi connectivity index (χ1) is 16.0. The van der Waals surface area contributed by atoms with Crippen LogP contribution in [0, 0.1) is 0 Å². The van der Waals surface area contributed by atoms with Gasteiger partial charge in [0.15, 0.2) is 17.3 Å². The maximum atomic E-state index is 13.6. The highest BCUT2D eigenvalue weighted by molar-refractivity contribution is 7.10.